The first kappa shape index (κ1) is 8.97. The van der Waals surface area contributed by atoms with E-state index in [1.165, 1.54) is 18.2 Å². The minimum absolute atomic E-state index is 0.0108. The zero-order valence-corrected chi connectivity index (χ0v) is 7.37. The van der Waals surface area contributed by atoms with Gasteiger partial charge in [0.15, 0.2) is 0 Å². The van der Waals surface area contributed by atoms with E-state index in [1.54, 1.807) is 0 Å². The van der Waals surface area contributed by atoms with Crippen molar-refractivity contribution in [2.75, 3.05) is 13.2 Å². The summed E-state index contributed by atoms with van der Waals surface area (Å²) in [6.45, 7) is 1.05. The van der Waals surface area contributed by atoms with Crippen LogP contribution in [0.1, 0.15) is 5.56 Å². The van der Waals surface area contributed by atoms with Gasteiger partial charge in [0.1, 0.15) is 17.7 Å². The first-order chi connectivity index (χ1) is 6.78. The summed E-state index contributed by atoms with van der Waals surface area (Å²) < 4.78 is 23.2. The van der Waals surface area contributed by atoms with Crippen molar-refractivity contribution in [3.8, 4) is 11.8 Å². The first-order valence-corrected chi connectivity index (χ1v) is 4.23. The summed E-state index contributed by atoms with van der Waals surface area (Å²) in [6, 6.07) is 5.82. The average Bonchev–Trinajstić information content (AvgIpc) is 2.10. The van der Waals surface area contributed by atoms with Crippen molar-refractivity contribution in [1.82, 2.24) is 0 Å². The van der Waals surface area contributed by atoms with Crippen molar-refractivity contribution in [3.05, 3.63) is 29.6 Å². The van der Waals surface area contributed by atoms with E-state index in [4.69, 9.17) is 14.7 Å². The Kier molecular flexibility index (Phi) is 2.33. The highest BCUT2D eigenvalue weighted by atomic mass is 19.1. The number of nitrogens with zero attached hydrogens (tertiary/aromatic N) is 1. The Morgan fingerprint density at radius 1 is 1.43 bits per heavy atom. The Bertz CT molecular complexity index is 382. The quantitative estimate of drug-likeness (QED) is 0.714. The summed E-state index contributed by atoms with van der Waals surface area (Å²) in [5, 5.41) is 8.59. The standard InChI is InChI=1S/C10H8FNO2/c11-8-1-7(4-12)2-9(3-8)14-10-5-13-6-10/h1-3,10H,5-6H2. The molecule has 1 saturated heterocycles. The monoisotopic (exact) mass is 193 g/mol. The molecule has 0 bridgehead atoms. The molecule has 0 N–H and O–H groups in total. The Morgan fingerprint density at radius 2 is 2.21 bits per heavy atom. The van der Waals surface area contributed by atoms with Crippen molar-refractivity contribution >= 4 is 0 Å². The molecular formula is C10H8FNO2. The molecule has 14 heavy (non-hydrogen) atoms. The van der Waals surface area contributed by atoms with Gasteiger partial charge in [0.25, 0.3) is 0 Å². The number of halogens is 1. The maximum atomic E-state index is 12.9. The normalized spacial score (nSPS) is 15.7. The van der Waals surface area contributed by atoms with Gasteiger partial charge in [-0.1, -0.05) is 0 Å². The van der Waals surface area contributed by atoms with Crippen LogP contribution >= 0.6 is 0 Å². The molecule has 4 heteroatoms. The molecular weight excluding hydrogens is 185 g/mol. The van der Waals surface area contributed by atoms with Crippen LogP contribution in [0.15, 0.2) is 18.2 Å². The zero-order chi connectivity index (χ0) is 9.97. The average molecular weight is 193 g/mol. The molecule has 3 nitrogen and oxygen atoms in total. The van der Waals surface area contributed by atoms with Crippen molar-refractivity contribution in [3.63, 3.8) is 0 Å². The molecule has 0 aliphatic carbocycles. The molecule has 1 aliphatic heterocycles. The van der Waals surface area contributed by atoms with Crippen LogP contribution in [0.3, 0.4) is 0 Å². The predicted octanol–water partition coefficient (Wildman–Crippen LogP) is 1.47. The molecule has 0 radical (unpaired) electrons. The van der Waals surface area contributed by atoms with Gasteiger partial charge in [-0.15, -0.1) is 0 Å². The molecule has 1 heterocycles. The highest BCUT2D eigenvalue weighted by Gasteiger charge is 2.20. The third kappa shape index (κ3) is 1.83. The van der Waals surface area contributed by atoms with Gasteiger partial charge in [-0.3, -0.25) is 0 Å². The molecule has 0 aromatic heterocycles. The van der Waals surface area contributed by atoms with Crippen LogP contribution in [-0.4, -0.2) is 19.3 Å². The minimum atomic E-state index is -0.459. The van der Waals surface area contributed by atoms with Gasteiger partial charge in [-0.25, -0.2) is 4.39 Å². The topological polar surface area (TPSA) is 42.2 Å². The van der Waals surface area contributed by atoms with Crippen molar-refractivity contribution in [2.24, 2.45) is 0 Å². The maximum absolute atomic E-state index is 12.9. The highest BCUT2D eigenvalue weighted by molar-refractivity contribution is 5.37. The lowest BCUT2D eigenvalue weighted by Gasteiger charge is -2.26. The summed E-state index contributed by atoms with van der Waals surface area (Å²) in [4.78, 5) is 0. The van der Waals surface area contributed by atoms with Crippen LogP contribution in [0.4, 0.5) is 4.39 Å². The van der Waals surface area contributed by atoms with E-state index in [0.717, 1.165) is 0 Å². The zero-order valence-electron chi connectivity index (χ0n) is 7.37. The van der Waals surface area contributed by atoms with Crippen LogP contribution < -0.4 is 4.74 Å². The lowest BCUT2D eigenvalue weighted by Crippen LogP contribution is -2.38. The van der Waals surface area contributed by atoms with Crippen LogP contribution in [0, 0.1) is 17.1 Å². The van der Waals surface area contributed by atoms with E-state index in [0.29, 0.717) is 19.0 Å². The van der Waals surface area contributed by atoms with Crippen LogP contribution in [-0.2, 0) is 4.74 Å². The van der Waals surface area contributed by atoms with Gasteiger partial charge in [-0.05, 0) is 12.1 Å². The largest absolute Gasteiger partial charge is 0.485 e. The first-order valence-electron chi connectivity index (χ1n) is 4.23. The smallest absolute Gasteiger partial charge is 0.145 e. The van der Waals surface area contributed by atoms with Crippen molar-refractivity contribution < 1.29 is 13.9 Å². The number of hydrogen-bond acceptors (Lipinski definition) is 3. The molecule has 1 aliphatic rings. The Labute approximate surface area is 80.7 Å². The van der Waals surface area contributed by atoms with Crippen molar-refractivity contribution in [1.29, 1.82) is 5.26 Å². The fourth-order valence-electron chi connectivity index (χ4n) is 1.17. The molecule has 1 fully saturated rings. The summed E-state index contributed by atoms with van der Waals surface area (Å²) in [7, 11) is 0. The Morgan fingerprint density at radius 3 is 2.79 bits per heavy atom. The number of rotatable bonds is 2. The molecule has 1 aromatic rings. The molecule has 1 aromatic carbocycles. The third-order valence-electron chi connectivity index (χ3n) is 1.91. The molecule has 0 unspecified atom stereocenters. The van der Waals surface area contributed by atoms with E-state index in [-0.39, 0.29) is 11.7 Å². The maximum Gasteiger partial charge on any atom is 0.145 e. The van der Waals surface area contributed by atoms with Gasteiger partial charge in [0.2, 0.25) is 0 Å². The van der Waals surface area contributed by atoms with Gasteiger partial charge < -0.3 is 9.47 Å². The molecule has 0 atom stereocenters. The molecule has 0 saturated carbocycles. The minimum Gasteiger partial charge on any atom is -0.485 e. The number of hydrogen-bond donors (Lipinski definition) is 0. The summed E-state index contributed by atoms with van der Waals surface area (Å²) in [5.74, 6) is -0.0749. The second kappa shape index (κ2) is 3.64. The number of nitriles is 1. The van der Waals surface area contributed by atoms with E-state index in [1.807, 2.05) is 6.07 Å². The van der Waals surface area contributed by atoms with E-state index < -0.39 is 5.82 Å². The van der Waals surface area contributed by atoms with Crippen LogP contribution in [0.25, 0.3) is 0 Å². The molecule has 0 amide bonds. The van der Waals surface area contributed by atoms with Gasteiger partial charge in [0, 0.05) is 6.07 Å². The van der Waals surface area contributed by atoms with E-state index in [9.17, 15) is 4.39 Å². The van der Waals surface area contributed by atoms with E-state index >= 15 is 0 Å². The van der Waals surface area contributed by atoms with Crippen LogP contribution in [0.5, 0.6) is 5.75 Å². The molecule has 0 spiro atoms. The summed E-state index contributed by atoms with van der Waals surface area (Å²) >= 11 is 0. The Hall–Kier alpha value is -1.60. The lowest BCUT2D eigenvalue weighted by molar-refractivity contribution is -0.0797. The third-order valence-corrected chi connectivity index (χ3v) is 1.91. The second-order valence-electron chi connectivity index (χ2n) is 3.06. The second-order valence-corrected chi connectivity index (χ2v) is 3.06. The van der Waals surface area contributed by atoms with Gasteiger partial charge in [-0.2, -0.15) is 5.26 Å². The number of benzene rings is 1. The SMILES string of the molecule is N#Cc1cc(F)cc(OC2COC2)c1. The summed E-state index contributed by atoms with van der Waals surface area (Å²) in [5.41, 5.74) is 0.264. The van der Waals surface area contributed by atoms with Crippen LogP contribution in [0.2, 0.25) is 0 Å². The van der Waals surface area contributed by atoms with Crippen molar-refractivity contribution in [2.45, 2.75) is 6.10 Å². The fraction of sp³-hybridized carbons (Fsp3) is 0.300. The van der Waals surface area contributed by atoms with Gasteiger partial charge >= 0.3 is 0 Å². The summed E-state index contributed by atoms with van der Waals surface area (Å²) in [6.07, 6.45) is -0.0108. The fourth-order valence-corrected chi connectivity index (χ4v) is 1.17. The lowest BCUT2D eigenvalue weighted by atomic mass is 10.2. The van der Waals surface area contributed by atoms with E-state index in [2.05, 4.69) is 0 Å². The van der Waals surface area contributed by atoms with Gasteiger partial charge in [0.05, 0.1) is 24.8 Å². The predicted molar refractivity (Wildman–Crippen MR) is 46.4 cm³/mol. The molecule has 72 valence electrons. The number of ether oxygens (including phenoxy) is 2. The molecule has 2 rings (SSSR count). The Balaban J connectivity index is 2.16. The highest BCUT2D eigenvalue weighted by Crippen LogP contribution is 2.19.